The smallest absolute Gasteiger partial charge is 0.166 e. The molecule has 0 aromatic heterocycles. The average molecular weight is 471 g/mol. The third-order valence-corrected chi connectivity index (χ3v) is 5.05. The van der Waals surface area contributed by atoms with Crippen molar-refractivity contribution in [2.24, 2.45) is 11.8 Å². The van der Waals surface area contributed by atoms with Crippen LogP contribution in [0.3, 0.4) is 0 Å². The highest BCUT2D eigenvalue weighted by Gasteiger charge is 2.37. The number of alkyl halides is 6. The van der Waals surface area contributed by atoms with Crippen molar-refractivity contribution in [1.29, 1.82) is 0 Å². The Morgan fingerprint density at radius 1 is 0.700 bits per heavy atom. The summed E-state index contributed by atoms with van der Waals surface area (Å²) in [7, 11) is 0. The molecule has 0 saturated heterocycles. The maximum absolute atomic E-state index is 13.8. The number of halogens is 8. The van der Waals surface area contributed by atoms with Crippen LogP contribution in [-0.4, -0.2) is 0 Å². The van der Waals surface area contributed by atoms with Gasteiger partial charge >= 0.3 is 12.4 Å². The lowest BCUT2D eigenvalue weighted by molar-refractivity contribution is -0.139. The van der Waals surface area contributed by atoms with Gasteiger partial charge in [-0.25, -0.2) is 0 Å². The molecule has 1 unspecified atom stereocenters. The zero-order valence-corrected chi connectivity index (χ0v) is 18.2. The first kappa shape index (κ1) is 24.9. The molecule has 2 rings (SSSR count). The number of benzene rings is 2. The van der Waals surface area contributed by atoms with Crippen molar-refractivity contribution in [3.8, 4) is 0 Å². The maximum atomic E-state index is 13.8. The average Bonchev–Trinajstić information content (AvgIpc) is 2.50. The van der Waals surface area contributed by atoms with E-state index in [9.17, 15) is 26.3 Å². The molecule has 0 saturated carbocycles. The molecule has 0 radical (unpaired) electrons. The molecule has 0 spiro atoms. The van der Waals surface area contributed by atoms with Crippen LogP contribution in [0.2, 0.25) is 10.0 Å². The first-order chi connectivity index (χ1) is 13.7. The first-order valence-electron chi connectivity index (χ1n) is 9.42. The molecule has 1 atom stereocenters. The second-order valence-electron chi connectivity index (χ2n) is 8.05. The van der Waals surface area contributed by atoms with Gasteiger partial charge in [-0.3, -0.25) is 0 Å². The van der Waals surface area contributed by atoms with Crippen molar-refractivity contribution < 1.29 is 26.3 Å². The van der Waals surface area contributed by atoms with Crippen molar-refractivity contribution >= 4 is 23.2 Å². The van der Waals surface area contributed by atoms with E-state index < -0.39 is 23.5 Å². The minimum absolute atomic E-state index is 0.00194. The fourth-order valence-electron chi connectivity index (χ4n) is 3.63. The van der Waals surface area contributed by atoms with E-state index in [0.29, 0.717) is 5.56 Å². The Balaban J connectivity index is 2.36. The molecule has 0 amide bonds. The predicted molar refractivity (Wildman–Crippen MR) is 108 cm³/mol. The molecule has 0 bridgehead atoms. The van der Waals surface area contributed by atoms with Gasteiger partial charge in [0.05, 0.1) is 11.1 Å². The lowest BCUT2D eigenvalue weighted by atomic mass is 9.87. The summed E-state index contributed by atoms with van der Waals surface area (Å²) >= 11 is 11.9. The fourth-order valence-corrected chi connectivity index (χ4v) is 4.15. The van der Waals surface area contributed by atoms with Gasteiger partial charge in [0.15, 0.2) is 0 Å². The maximum Gasteiger partial charge on any atom is 0.416 e. The van der Waals surface area contributed by atoms with Crippen LogP contribution in [0, 0.1) is 11.8 Å². The van der Waals surface area contributed by atoms with E-state index in [0.717, 1.165) is 12.1 Å². The lowest BCUT2D eigenvalue weighted by Gasteiger charge is -2.21. The summed E-state index contributed by atoms with van der Waals surface area (Å²) < 4.78 is 80.5. The summed E-state index contributed by atoms with van der Waals surface area (Å²) in [6, 6.07) is 5.84. The summed E-state index contributed by atoms with van der Waals surface area (Å²) in [6.45, 7) is 5.33. The standard InChI is InChI=1S/C22H22Cl2F6/c1-12(2)4-15-9-19(24)10-16(20(15)22(28,29)30)6-13(3)5-14-7-17(21(25,26)27)11-18(23)8-14/h7-13H,4-6H2,1-3H3. The quantitative estimate of drug-likeness (QED) is 0.370. The van der Waals surface area contributed by atoms with Crippen molar-refractivity contribution in [2.75, 3.05) is 0 Å². The van der Waals surface area contributed by atoms with Gasteiger partial charge in [-0.1, -0.05) is 44.0 Å². The summed E-state index contributed by atoms with van der Waals surface area (Å²) in [4.78, 5) is 0. The fraction of sp³-hybridized carbons (Fsp3) is 0.455. The Morgan fingerprint density at radius 2 is 1.23 bits per heavy atom. The zero-order valence-electron chi connectivity index (χ0n) is 16.7. The van der Waals surface area contributed by atoms with E-state index in [-0.39, 0.29) is 52.3 Å². The molecule has 30 heavy (non-hydrogen) atoms. The molecular weight excluding hydrogens is 449 g/mol. The summed E-state index contributed by atoms with van der Waals surface area (Å²) in [6.07, 6.45) is -8.71. The van der Waals surface area contributed by atoms with Gasteiger partial charge in [-0.05, 0) is 78.1 Å². The Bertz CT molecular complexity index is 884. The monoisotopic (exact) mass is 470 g/mol. The Labute approximate surface area is 182 Å². The van der Waals surface area contributed by atoms with E-state index in [4.69, 9.17) is 23.2 Å². The third-order valence-electron chi connectivity index (χ3n) is 4.62. The molecule has 0 aliphatic heterocycles. The lowest BCUT2D eigenvalue weighted by Crippen LogP contribution is -2.17. The highest BCUT2D eigenvalue weighted by Crippen LogP contribution is 2.39. The second kappa shape index (κ2) is 9.39. The highest BCUT2D eigenvalue weighted by atomic mass is 35.5. The van der Waals surface area contributed by atoms with Crippen LogP contribution in [-0.2, 0) is 31.6 Å². The molecule has 0 aliphatic carbocycles. The summed E-state index contributed by atoms with van der Waals surface area (Å²) in [5.74, 6) is -0.363. The summed E-state index contributed by atoms with van der Waals surface area (Å²) in [5.41, 5.74) is -1.07. The Morgan fingerprint density at radius 3 is 1.73 bits per heavy atom. The van der Waals surface area contributed by atoms with Gasteiger partial charge in [-0.2, -0.15) is 26.3 Å². The van der Waals surface area contributed by atoms with Crippen molar-refractivity contribution in [1.82, 2.24) is 0 Å². The molecule has 0 nitrogen and oxygen atoms in total. The van der Waals surface area contributed by atoms with E-state index in [1.165, 1.54) is 18.2 Å². The van der Waals surface area contributed by atoms with Crippen molar-refractivity contribution in [2.45, 2.75) is 52.4 Å². The van der Waals surface area contributed by atoms with Crippen molar-refractivity contribution in [3.63, 3.8) is 0 Å². The minimum Gasteiger partial charge on any atom is -0.166 e. The van der Waals surface area contributed by atoms with E-state index in [1.54, 1.807) is 6.92 Å². The second-order valence-corrected chi connectivity index (χ2v) is 8.93. The van der Waals surface area contributed by atoms with Crippen LogP contribution >= 0.6 is 23.2 Å². The van der Waals surface area contributed by atoms with E-state index in [1.807, 2.05) is 13.8 Å². The SMILES string of the molecule is CC(C)Cc1cc(Cl)cc(CC(C)Cc2cc(Cl)cc(C(F)(F)F)c2)c1C(F)(F)F. The zero-order chi connectivity index (χ0) is 22.9. The predicted octanol–water partition coefficient (Wildman–Crippen LogP) is 8.65. The molecule has 2 aromatic rings. The molecule has 0 aliphatic rings. The molecular formula is C22H22Cl2F6. The number of hydrogen-bond donors (Lipinski definition) is 0. The molecule has 166 valence electrons. The van der Waals surface area contributed by atoms with Gasteiger partial charge in [-0.15, -0.1) is 0 Å². The van der Waals surface area contributed by atoms with Gasteiger partial charge < -0.3 is 0 Å². The highest BCUT2D eigenvalue weighted by molar-refractivity contribution is 6.31. The van der Waals surface area contributed by atoms with Crippen LogP contribution < -0.4 is 0 Å². The van der Waals surface area contributed by atoms with Crippen molar-refractivity contribution in [3.05, 3.63) is 68.2 Å². The van der Waals surface area contributed by atoms with Crippen LogP contribution in [0.1, 0.15) is 48.6 Å². The molecule has 8 heteroatoms. The first-order valence-corrected chi connectivity index (χ1v) is 10.2. The Kier molecular flexibility index (Phi) is 7.78. The van der Waals surface area contributed by atoms with Gasteiger partial charge in [0.1, 0.15) is 0 Å². The number of hydrogen-bond acceptors (Lipinski definition) is 0. The van der Waals surface area contributed by atoms with Crippen LogP contribution in [0.4, 0.5) is 26.3 Å². The topological polar surface area (TPSA) is 0 Å². The Hall–Kier alpha value is -1.40. The van der Waals surface area contributed by atoms with Gasteiger partial charge in [0.2, 0.25) is 0 Å². The minimum atomic E-state index is -4.55. The summed E-state index contributed by atoms with van der Waals surface area (Å²) in [5, 5.41) is 0.146. The molecule has 0 heterocycles. The molecule has 0 fully saturated rings. The van der Waals surface area contributed by atoms with Gasteiger partial charge in [0, 0.05) is 10.0 Å². The van der Waals surface area contributed by atoms with E-state index in [2.05, 4.69) is 0 Å². The van der Waals surface area contributed by atoms with Crippen LogP contribution in [0.15, 0.2) is 30.3 Å². The van der Waals surface area contributed by atoms with Gasteiger partial charge in [0.25, 0.3) is 0 Å². The molecule has 0 N–H and O–H groups in total. The van der Waals surface area contributed by atoms with Crippen LogP contribution in [0.5, 0.6) is 0 Å². The number of rotatable bonds is 6. The van der Waals surface area contributed by atoms with E-state index >= 15 is 0 Å². The molecule has 2 aromatic carbocycles. The van der Waals surface area contributed by atoms with Crippen LogP contribution in [0.25, 0.3) is 0 Å². The largest absolute Gasteiger partial charge is 0.416 e. The third kappa shape index (κ3) is 6.81. The normalized spacial score (nSPS) is 13.7.